The Morgan fingerprint density at radius 1 is 1.14 bits per heavy atom. The van der Waals surface area contributed by atoms with Crippen LogP contribution in [-0.4, -0.2) is 51.0 Å². The van der Waals surface area contributed by atoms with E-state index in [2.05, 4.69) is 10.2 Å². The van der Waals surface area contributed by atoms with Crippen molar-refractivity contribution in [1.29, 1.82) is 0 Å². The lowest BCUT2D eigenvalue weighted by Crippen LogP contribution is -2.31. The molecule has 3 aromatic rings. The van der Waals surface area contributed by atoms with Gasteiger partial charge in [-0.3, -0.25) is 9.89 Å². The molecule has 1 aromatic heterocycles. The van der Waals surface area contributed by atoms with Crippen molar-refractivity contribution in [3.8, 4) is 22.8 Å². The number of benzene rings is 2. The van der Waals surface area contributed by atoms with Gasteiger partial charge in [-0.25, -0.2) is 0 Å². The Morgan fingerprint density at radius 3 is 2.62 bits per heavy atom. The summed E-state index contributed by atoms with van der Waals surface area (Å²) in [5.74, 6) is 0.131. The third kappa shape index (κ3) is 3.45. The van der Waals surface area contributed by atoms with E-state index in [1.54, 1.807) is 47.4 Å². The van der Waals surface area contributed by atoms with Crippen LogP contribution in [0.1, 0.15) is 41.0 Å². The molecule has 0 radical (unpaired) electrons. The monoisotopic (exact) mass is 393 g/mol. The lowest BCUT2D eigenvalue weighted by atomic mass is 9.95. The topological polar surface area (TPSA) is 98.7 Å². The van der Waals surface area contributed by atoms with Crippen LogP contribution in [0.2, 0.25) is 0 Å². The van der Waals surface area contributed by atoms with E-state index in [1.165, 1.54) is 0 Å². The van der Waals surface area contributed by atoms with E-state index in [4.69, 9.17) is 4.74 Å². The number of para-hydroxylation sites is 1. The van der Waals surface area contributed by atoms with Crippen molar-refractivity contribution >= 4 is 5.91 Å². The molecule has 0 saturated carbocycles. The lowest BCUT2D eigenvalue weighted by Gasteiger charge is -2.26. The van der Waals surface area contributed by atoms with E-state index < -0.39 is 0 Å². The summed E-state index contributed by atoms with van der Waals surface area (Å²) in [6, 6.07) is 13.4. The number of amides is 1. The Labute approximate surface area is 168 Å². The number of phenolic OH excluding ortho intramolecular Hbond substituents is 2. The summed E-state index contributed by atoms with van der Waals surface area (Å²) in [7, 11) is 0. The first-order valence-corrected chi connectivity index (χ1v) is 9.66. The Hall–Kier alpha value is -3.32. The van der Waals surface area contributed by atoms with E-state index in [1.807, 2.05) is 13.0 Å². The number of aromatic hydroxyl groups is 2. The minimum absolute atomic E-state index is 0.105. The van der Waals surface area contributed by atoms with Gasteiger partial charge in [-0.2, -0.15) is 5.10 Å². The predicted molar refractivity (Wildman–Crippen MR) is 108 cm³/mol. The predicted octanol–water partition coefficient (Wildman–Crippen LogP) is 3.46. The molecule has 1 atom stereocenters. The van der Waals surface area contributed by atoms with Gasteiger partial charge in [0, 0.05) is 30.9 Å². The molecule has 3 N–H and O–H groups in total. The Bertz CT molecular complexity index is 1010. The number of nitrogens with one attached hydrogen (secondary N) is 1. The Kier molecular flexibility index (Phi) is 5.22. The smallest absolute Gasteiger partial charge is 0.273 e. The zero-order chi connectivity index (χ0) is 20.4. The number of phenols is 2. The molecule has 29 heavy (non-hydrogen) atoms. The molecule has 1 aliphatic heterocycles. The van der Waals surface area contributed by atoms with Crippen LogP contribution in [0.3, 0.4) is 0 Å². The molecule has 1 amide bonds. The highest BCUT2D eigenvalue weighted by atomic mass is 16.5. The van der Waals surface area contributed by atoms with Gasteiger partial charge >= 0.3 is 0 Å². The number of hydrogen-bond donors (Lipinski definition) is 3. The van der Waals surface area contributed by atoms with Crippen molar-refractivity contribution in [1.82, 2.24) is 15.1 Å². The van der Waals surface area contributed by atoms with Gasteiger partial charge in [-0.05, 0) is 43.2 Å². The number of ether oxygens (including phenoxy) is 1. The molecule has 150 valence electrons. The maximum Gasteiger partial charge on any atom is 0.273 e. The molecule has 0 spiro atoms. The van der Waals surface area contributed by atoms with Gasteiger partial charge in [-0.1, -0.05) is 24.3 Å². The summed E-state index contributed by atoms with van der Waals surface area (Å²) >= 11 is 0. The van der Waals surface area contributed by atoms with Gasteiger partial charge in [0.05, 0.1) is 6.04 Å². The maximum absolute atomic E-state index is 13.1. The normalized spacial score (nSPS) is 15.7. The summed E-state index contributed by atoms with van der Waals surface area (Å²) in [5, 5.41) is 27.3. The van der Waals surface area contributed by atoms with Gasteiger partial charge < -0.3 is 19.8 Å². The number of rotatable bonds is 7. The number of aromatic amines is 1. The van der Waals surface area contributed by atoms with Gasteiger partial charge in [0.1, 0.15) is 22.9 Å². The fraction of sp³-hybridized carbons (Fsp3) is 0.273. The van der Waals surface area contributed by atoms with E-state index in [-0.39, 0.29) is 23.4 Å². The lowest BCUT2D eigenvalue weighted by molar-refractivity contribution is 0.0710. The van der Waals surface area contributed by atoms with E-state index in [0.717, 1.165) is 11.1 Å². The van der Waals surface area contributed by atoms with Crippen LogP contribution in [0.15, 0.2) is 48.5 Å². The molecule has 1 aliphatic rings. The van der Waals surface area contributed by atoms with Gasteiger partial charge in [0.25, 0.3) is 5.91 Å². The van der Waals surface area contributed by atoms with Gasteiger partial charge in [0.2, 0.25) is 0 Å². The summed E-state index contributed by atoms with van der Waals surface area (Å²) < 4.78 is 5.43. The highest BCUT2D eigenvalue weighted by Crippen LogP contribution is 2.44. The highest BCUT2D eigenvalue weighted by molar-refractivity contribution is 6.00. The van der Waals surface area contributed by atoms with Crippen LogP contribution in [-0.2, 0) is 4.74 Å². The van der Waals surface area contributed by atoms with Crippen LogP contribution < -0.4 is 0 Å². The van der Waals surface area contributed by atoms with Crippen LogP contribution in [0.4, 0.5) is 0 Å². The maximum atomic E-state index is 13.1. The first-order chi connectivity index (χ1) is 14.1. The second kappa shape index (κ2) is 7.97. The molecule has 0 unspecified atom stereocenters. The molecular weight excluding hydrogens is 370 g/mol. The van der Waals surface area contributed by atoms with Crippen LogP contribution >= 0.6 is 0 Å². The Morgan fingerprint density at radius 2 is 1.90 bits per heavy atom. The van der Waals surface area contributed by atoms with Crippen LogP contribution in [0, 0.1) is 0 Å². The quantitative estimate of drug-likeness (QED) is 0.534. The fourth-order valence-corrected chi connectivity index (χ4v) is 3.79. The number of nitrogens with zero attached hydrogens (tertiary/aromatic N) is 2. The Balaban J connectivity index is 1.78. The van der Waals surface area contributed by atoms with Gasteiger partial charge in [-0.15, -0.1) is 0 Å². The van der Waals surface area contributed by atoms with E-state index in [0.29, 0.717) is 43.1 Å². The zero-order valence-corrected chi connectivity index (χ0v) is 16.1. The molecule has 0 saturated heterocycles. The van der Waals surface area contributed by atoms with Crippen molar-refractivity contribution < 1.29 is 19.7 Å². The molecule has 0 fully saturated rings. The molecule has 7 heteroatoms. The molecule has 2 aromatic carbocycles. The first-order valence-electron chi connectivity index (χ1n) is 9.66. The zero-order valence-electron chi connectivity index (χ0n) is 16.1. The number of carbonyl (C=O) groups excluding carboxylic acids is 1. The second-order valence-corrected chi connectivity index (χ2v) is 6.92. The molecule has 7 nitrogen and oxygen atoms in total. The van der Waals surface area contributed by atoms with Crippen LogP contribution in [0.25, 0.3) is 11.3 Å². The molecule has 0 bridgehead atoms. The van der Waals surface area contributed by atoms with Crippen molar-refractivity contribution in [2.24, 2.45) is 0 Å². The number of hydrogen-bond acceptors (Lipinski definition) is 5. The van der Waals surface area contributed by atoms with Crippen molar-refractivity contribution in [3.63, 3.8) is 0 Å². The minimum atomic E-state index is -0.368. The summed E-state index contributed by atoms with van der Waals surface area (Å²) in [6.07, 6.45) is 0.706. The molecule has 0 aliphatic carbocycles. The van der Waals surface area contributed by atoms with Crippen LogP contribution in [0.5, 0.6) is 11.5 Å². The number of H-pyrrole nitrogens is 1. The minimum Gasteiger partial charge on any atom is -0.508 e. The number of fused-ring (bicyclic) bond motifs is 1. The van der Waals surface area contributed by atoms with Gasteiger partial charge in [0.15, 0.2) is 0 Å². The summed E-state index contributed by atoms with van der Waals surface area (Å²) in [6.45, 7) is 3.67. The second-order valence-electron chi connectivity index (χ2n) is 6.92. The average molecular weight is 393 g/mol. The van der Waals surface area contributed by atoms with Crippen molar-refractivity contribution in [3.05, 3.63) is 65.4 Å². The van der Waals surface area contributed by atoms with Crippen molar-refractivity contribution in [2.75, 3.05) is 19.8 Å². The van der Waals surface area contributed by atoms with E-state index in [9.17, 15) is 15.0 Å². The van der Waals surface area contributed by atoms with Crippen molar-refractivity contribution in [2.45, 2.75) is 19.4 Å². The third-order valence-corrected chi connectivity index (χ3v) is 5.12. The summed E-state index contributed by atoms with van der Waals surface area (Å²) in [4.78, 5) is 14.9. The third-order valence-electron chi connectivity index (χ3n) is 5.12. The first kappa shape index (κ1) is 19.0. The standard InChI is InChI=1S/C22H23N3O4/c1-2-29-13-5-12-25-21(14-8-10-15(26)11-9-14)18-19(23-24-20(18)22(25)28)16-6-3-4-7-17(16)27/h3-4,6-11,21,26-27H,2,5,12-13H2,1H3,(H,23,24)/t21-/m1/s1. The molecule has 2 heterocycles. The largest absolute Gasteiger partial charge is 0.508 e. The molecular formula is C22H23N3O4. The highest BCUT2D eigenvalue weighted by Gasteiger charge is 2.42. The average Bonchev–Trinajstić information content (AvgIpc) is 3.26. The summed E-state index contributed by atoms with van der Waals surface area (Å²) in [5.41, 5.74) is 3.15. The SMILES string of the molecule is CCOCCCN1C(=O)c2[nH]nc(-c3ccccc3O)c2[C@H]1c1ccc(O)cc1. The number of aromatic nitrogens is 2. The fourth-order valence-electron chi connectivity index (χ4n) is 3.79. The van der Waals surface area contributed by atoms with E-state index >= 15 is 0 Å². The molecule has 4 rings (SSSR count). The number of carbonyl (C=O) groups is 1.